The van der Waals surface area contributed by atoms with E-state index in [-0.39, 0.29) is 5.75 Å². The molecule has 0 aromatic heterocycles. The topological polar surface area (TPSA) is 86.5 Å². The SMILES string of the molecule is NC(=O)Oc1cccc(S(=O)(=O)CC(F)(F)F)c1. The van der Waals surface area contributed by atoms with Crippen molar-refractivity contribution in [1.29, 1.82) is 0 Å². The molecule has 1 amide bonds. The molecule has 1 rings (SSSR count). The summed E-state index contributed by atoms with van der Waals surface area (Å²) in [6.45, 7) is 0. The summed E-state index contributed by atoms with van der Waals surface area (Å²) in [6.07, 6.45) is -6.04. The summed E-state index contributed by atoms with van der Waals surface area (Å²) in [4.78, 5) is 9.83. The molecule has 0 atom stereocenters. The van der Waals surface area contributed by atoms with Crippen molar-refractivity contribution < 1.29 is 31.1 Å². The van der Waals surface area contributed by atoms with Gasteiger partial charge >= 0.3 is 12.3 Å². The number of carbonyl (C=O) groups is 1. The quantitative estimate of drug-likeness (QED) is 0.910. The standard InChI is InChI=1S/C9H8F3NO4S/c10-9(11,12)5-18(15,16)7-3-1-2-6(4-7)17-8(13)14/h1-4H,5H2,(H2,13,14). The lowest BCUT2D eigenvalue weighted by Gasteiger charge is -2.08. The third kappa shape index (κ3) is 4.24. The molecule has 1 aromatic carbocycles. The van der Waals surface area contributed by atoms with E-state index in [0.29, 0.717) is 0 Å². The van der Waals surface area contributed by atoms with E-state index in [1.807, 2.05) is 0 Å². The lowest BCUT2D eigenvalue weighted by molar-refractivity contribution is -0.106. The van der Waals surface area contributed by atoms with Gasteiger partial charge in [0.2, 0.25) is 0 Å². The van der Waals surface area contributed by atoms with Gasteiger partial charge in [-0.25, -0.2) is 13.2 Å². The fourth-order valence-corrected chi connectivity index (χ4v) is 2.33. The Labute approximate surface area is 100 Å². The molecule has 0 unspecified atom stereocenters. The maximum absolute atomic E-state index is 12.1. The van der Waals surface area contributed by atoms with E-state index in [1.54, 1.807) is 0 Å². The van der Waals surface area contributed by atoms with Crippen molar-refractivity contribution in [1.82, 2.24) is 0 Å². The van der Waals surface area contributed by atoms with Crippen LogP contribution in [0.3, 0.4) is 0 Å². The van der Waals surface area contributed by atoms with Crippen molar-refractivity contribution in [2.75, 3.05) is 5.75 Å². The second-order valence-electron chi connectivity index (χ2n) is 3.27. The van der Waals surface area contributed by atoms with Crippen LogP contribution >= 0.6 is 0 Å². The molecule has 2 N–H and O–H groups in total. The number of nitrogens with two attached hydrogens (primary N) is 1. The Morgan fingerprint density at radius 3 is 2.44 bits per heavy atom. The molecule has 0 fully saturated rings. The second kappa shape index (κ2) is 4.84. The Kier molecular flexibility index (Phi) is 3.85. The van der Waals surface area contributed by atoms with Crippen molar-refractivity contribution in [3.05, 3.63) is 24.3 Å². The van der Waals surface area contributed by atoms with Gasteiger partial charge in [0.1, 0.15) is 5.75 Å². The van der Waals surface area contributed by atoms with Crippen LogP contribution < -0.4 is 10.5 Å². The largest absolute Gasteiger partial charge is 0.410 e. The molecule has 100 valence electrons. The minimum atomic E-state index is -4.85. The fourth-order valence-electron chi connectivity index (χ4n) is 1.15. The summed E-state index contributed by atoms with van der Waals surface area (Å²) >= 11 is 0. The first kappa shape index (κ1) is 14.3. The number of benzene rings is 1. The number of hydrogen-bond donors (Lipinski definition) is 1. The molecule has 0 heterocycles. The van der Waals surface area contributed by atoms with Crippen molar-refractivity contribution in [3.8, 4) is 5.75 Å². The van der Waals surface area contributed by atoms with E-state index in [0.717, 1.165) is 18.2 Å². The van der Waals surface area contributed by atoms with E-state index in [2.05, 4.69) is 4.74 Å². The van der Waals surface area contributed by atoms with Gasteiger partial charge in [-0.05, 0) is 18.2 Å². The molecule has 1 aromatic rings. The number of primary amides is 1. The van der Waals surface area contributed by atoms with Crippen LogP contribution in [0.2, 0.25) is 0 Å². The Balaban J connectivity index is 3.06. The van der Waals surface area contributed by atoms with Gasteiger partial charge < -0.3 is 10.5 Å². The van der Waals surface area contributed by atoms with Crippen molar-refractivity contribution >= 4 is 15.9 Å². The number of rotatable bonds is 3. The lowest BCUT2D eigenvalue weighted by Crippen LogP contribution is -2.23. The number of sulfone groups is 1. The van der Waals surface area contributed by atoms with Gasteiger partial charge in [0.15, 0.2) is 15.6 Å². The third-order valence-corrected chi connectivity index (χ3v) is 3.42. The minimum absolute atomic E-state index is 0.245. The van der Waals surface area contributed by atoms with Crippen molar-refractivity contribution in [2.24, 2.45) is 5.73 Å². The number of amides is 1. The Morgan fingerprint density at radius 1 is 1.33 bits per heavy atom. The highest BCUT2D eigenvalue weighted by molar-refractivity contribution is 7.91. The van der Waals surface area contributed by atoms with Crippen LogP contribution in [0.1, 0.15) is 0 Å². The summed E-state index contributed by atoms with van der Waals surface area (Å²) in [5.41, 5.74) is 4.69. The van der Waals surface area contributed by atoms with Gasteiger partial charge in [-0.15, -0.1) is 0 Å². The number of halogens is 3. The van der Waals surface area contributed by atoms with Crippen LogP contribution in [0.25, 0.3) is 0 Å². The first-order valence-electron chi connectivity index (χ1n) is 4.47. The zero-order chi connectivity index (χ0) is 14.0. The van der Waals surface area contributed by atoms with Gasteiger partial charge in [0, 0.05) is 0 Å². The van der Waals surface area contributed by atoms with E-state index in [4.69, 9.17) is 5.73 Å². The molecular formula is C9H8F3NO4S. The van der Waals surface area contributed by atoms with Crippen molar-refractivity contribution in [3.63, 3.8) is 0 Å². The summed E-state index contributed by atoms with van der Waals surface area (Å²) < 4.78 is 63.4. The zero-order valence-corrected chi connectivity index (χ0v) is 9.59. The highest BCUT2D eigenvalue weighted by Gasteiger charge is 2.36. The van der Waals surface area contributed by atoms with Gasteiger partial charge in [-0.2, -0.15) is 13.2 Å². The second-order valence-corrected chi connectivity index (χ2v) is 5.26. The molecule has 0 bridgehead atoms. The van der Waals surface area contributed by atoms with Crippen LogP contribution in [0, 0.1) is 0 Å². The summed E-state index contributed by atoms with van der Waals surface area (Å²) in [5, 5.41) is 0. The molecule has 0 saturated carbocycles. The van der Waals surface area contributed by atoms with Crippen LogP contribution in [0.15, 0.2) is 29.2 Å². The molecule has 9 heteroatoms. The Morgan fingerprint density at radius 2 is 1.94 bits per heavy atom. The van der Waals surface area contributed by atoms with Gasteiger partial charge in [-0.1, -0.05) is 6.07 Å². The highest BCUT2D eigenvalue weighted by Crippen LogP contribution is 2.24. The van der Waals surface area contributed by atoms with Gasteiger partial charge in [0.25, 0.3) is 0 Å². The minimum Gasteiger partial charge on any atom is -0.410 e. The number of carbonyl (C=O) groups excluding carboxylic acids is 1. The summed E-state index contributed by atoms with van der Waals surface area (Å²) in [7, 11) is -4.53. The summed E-state index contributed by atoms with van der Waals surface area (Å²) in [6, 6.07) is 4.10. The number of alkyl halides is 3. The maximum Gasteiger partial charge on any atom is 0.409 e. The van der Waals surface area contributed by atoms with Crippen LogP contribution in [-0.4, -0.2) is 26.4 Å². The molecule has 18 heavy (non-hydrogen) atoms. The first-order valence-corrected chi connectivity index (χ1v) is 6.12. The first-order chi connectivity index (χ1) is 8.10. The lowest BCUT2D eigenvalue weighted by atomic mass is 10.3. The van der Waals surface area contributed by atoms with Crippen molar-refractivity contribution in [2.45, 2.75) is 11.1 Å². The number of hydrogen-bond acceptors (Lipinski definition) is 4. The predicted molar refractivity (Wildman–Crippen MR) is 54.8 cm³/mol. The monoisotopic (exact) mass is 283 g/mol. The summed E-state index contributed by atoms with van der Waals surface area (Å²) in [5.74, 6) is -2.23. The molecule has 5 nitrogen and oxygen atoms in total. The smallest absolute Gasteiger partial charge is 0.409 e. The average Bonchev–Trinajstić information content (AvgIpc) is 2.13. The third-order valence-electron chi connectivity index (χ3n) is 1.74. The predicted octanol–water partition coefficient (Wildman–Crippen LogP) is 1.48. The molecule has 0 aliphatic heterocycles. The van der Waals surface area contributed by atoms with Crippen LogP contribution in [0.5, 0.6) is 5.75 Å². The van der Waals surface area contributed by atoms with E-state index >= 15 is 0 Å². The fraction of sp³-hybridized carbons (Fsp3) is 0.222. The van der Waals surface area contributed by atoms with Gasteiger partial charge in [0.05, 0.1) is 4.90 Å². The van der Waals surface area contributed by atoms with Crippen LogP contribution in [-0.2, 0) is 9.84 Å². The molecular weight excluding hydrogens is 275 g/mol. The van der Waals surface area contributed by atoms with E-state index in [9.17, 15) is 26.4 Å². The molecule has 0 spiro atoms. The Hall–Kier alpha value is -1.77. The zero-order valence-electron chi connectivity index (χ0n) is 8.77. The molecule has 0 aliphatic rings. The molecule has 0 aliphatic carbocycles. The maximum atomic E-state index is 12.1. The molecule has 0 saturated heterocycles. The van der Waals surface area contributed by atoms with Gasteiger partial charge in [-0.3, -0.25) is 0 Å². The van der Waals surface area contributed by atoms with E-state index < -0.39 is 32.8 Å². The van der Waals surface area contributed by atoms with Crippen LogP contribution in [0.4, 0.5) is 18.0 Å². The van der Waals surface area contributed by atoms with E-state index in [1.165, 1.54) is 6.07 Å². The average molecular weight is 283 g/mol. The number of ether oxygens (including phenoxy) is 1. The molecule has 0 radical (unpaired) electrons. The Bertz CT molecular complexity index is 553. The highest BCUT2D eigenvalue weighted by atomic mass is 32.2. The normalized spacial score (nSPS) is 12.2.